The van der Waals surface area contributed by atoms with Crippen LogP contribution < -0.4 is 0 Å². The maximum atomic E-state index is 11.8. The average Bonchev–Trinajstić information content (AvgIpc) is 2.46. The van der Waals surface area contributed by atoms with Gasteiger partial charge in [-0.25, -0.2) is 9.59 Å². The van der Waals surface area contributed by atoms with Crippen molar-refractivity contribution in [3.63, 3.8) is 0 Å². The van der Waals surface area contributed by atoms with E-state index < -0.39 is 11.9 Å². The van der Waals surface area contributed by atoms with Crippen LogP contribution in [0, 0.1) is 10.8 Å². The Hall–Kier alpha value is -1.32. The van der Waals surface area contributed by atoms with Gasteiger partial charge in [-0.2, -0.15) is 0 Å². The molecule has 4 heteroatoms. The highest BCUT2D eigenvalue weighted by molar-refractivity contribution is 5.98. The summed E-state index contributed by atoms with van der Waals surface area (Å²) < 4.78 is 0. The second kappa shape index (κ2) is 9.85. The molecule has 0 bridgehead atoms. The molecule has 0 unspecified atom stereocenters. The quantitative estimate of drug-likeness (QED) is 0.449. The van der Waals surface area contributed by atoms with Gasteiger partial charge in [0.2, 0.25) is 0 Å². The Balaban J connectivity index is 5.59. The van der Waals surface area contributed by atoms with E-state index in [1.54, 1.807) is 0 Å². The van der Waals surface area contributed by atoms with Gasteiger partial charge in [0.1, 0.15) is 0 Å². The average molecular weight is 341 g/mol. The van der Waals surface area contributed by atoms with Gasteiger partial charge in [-0.05, 0) is 36.5 Å². The minimum absolute atomic E-state index is 0.0770. The van der Waals surface area contributed by atoms with Gasteiger partial charge in [-0.15, -0.1) is 0 Å². The van der Waals surface area contributed by atoms with Gasteiger partial charge >= 0.3 is 11.9 Å². The van der Waals surface area contributed by atoms with Crippen LogP contribution in [0.2, 0.25) is 0 Å². The smallest absolute Gasteiger partial charge is 0.332 e. The topological polar surface area (TPSA) is 74.6 Å². The SMILES string of the molecule is CCCCC(C)(C)C/C(C(=O)O)=C(\CC(C)(C)CCCC)C(=O)O. The van der Waals surface area contributed by atoms with Crippen molar-refractivity contribution < 1.29 is 19.8 Å². The van der Waals surface area contributed by atoms with Gasteiger partial charge in [0, 0.05) is 11.1 Å². The van der Waals surface area contributed by atoms with E-state index in [1.807, 2.05) is 27.7 Å². The highest BCUT2D eigenvalue weighted by atomic mass is 16.4. The largest absolute Gasteiger partial charge is 0.478 e. The van der Waals surface area contributed by atoms with Crippen molar-refractivity contribution in [1.82, 2.24) is 0 Å². The fraction of sp³-hybridized carbons (Fsp3) is 0.800. The fourth-order valence-corrected chi connectivity index (χ4v) is 3.07. The van der Waals surface area contributed by atoms with Crippen molar-refractivity contribution in [2.75, 3.05) is 0 Å². The summed E-state index contributed by atoms with van der Waals surface area (Å²) in [7, 11) is 0. The molecule has 0 radical (unpaired) electrons. The zero-order valence-corrected chi connectivity index (χ0v) is 16.4. The lowest BCUT2D eigenvalue weighted by molar-refractivity contribution is -0.136. The van der Waals surface area contributed by atoms with Crippen molar-refractivity contribution in [2.45, 2.75) is 92.9 Å². The van der Waals surface area contributed by atoms with Crippen LogP contribution in [0.3, 0.4) is 0 Å². The molecule has 0 atom stereocenters. The molecule has 0 fully saturated rings. The summed E-state index contributed by atoms with van der Waals surface area (Å²) in [5.74, 6) is -2.19. The van der Waals surface area contributed by atoms with E-state index >= 15 is 0 Å². The Kier molecular flexibility index (Phi) is 9.31. The second-order valence-corrected chi connectivity index (χ2v) is 8.46. The van der Waals surface area contributed by atoms with Crippen LogP contribution in [-0.2, 0) is 9.59 Å². The van der Waals surface area contributed by atoms with Crippen molar-refractivity contribution >= 4 is 11.9 Å². The second-order valence-electron chi connectivity index (χ2n) is 8.46. The van der Waals surface area contributed by atoms with Gasteiger partial charge in [-0.3, -0.25) is 0 Å². The lowest BCUT2D eigenvalue weighted by Gasteiger charge is -2.28. The molecule has 0 amide bonds. The first-order valence-electron chi connectivity index (χ1n) is 9.14. The number of unbranched alkanes of at least 4 members (excludes halogenated alkanes) is 2. The molecule has 2 N–H and O–H groups in total. The first kappa shape index (κ1) is 22.7. The number of hydrogen-bond acceptors (Lipinski definition) is 2. The number of carboxylic acid groups (broad SMARTS) is 2. The first-order valence-corrected chi connectivity index (χ1v) is 9.14. The van der Waals surface area contributed by atoms with Gasteiger partial charge in [0.25, 0.3) is 0 Å². The molecule has 4 nitrogen and oxygen atoms in total. The standard InChI is InChI=1S/C20H36O4/c1-7-9-11-19(3,4)13-15(17(21)22)16(18(23)24)14-20(5,6)12-10-8-2/h7-14H2,1-6H3,(H,21,22)(H,23,24)/b16-15-. The molecular weight excluding hydrogens is 304 g/mol. The highest BCUT2D eigenvalue weighted by Crippen LogP contribution is 2.37. The lowest BCUT2D eigenvalue weighted by Crippen LogP contribution is -2.23. The molecule has 0 aromatic carbocycles. The van der Waals surface area contributed by atoms with E-state index in [-0.39, 0.29) is 22.0 Å². The minimum Gasteiger partial charge on any atom is -0.478 e. The number of carboxylic acids is 2. The van der Waals surface area contributed by atoms with Crippen molar-refractivity contribution in [3.05, 3.63) is 11.1 Å². The highest BCUT2D eigenvalue weighted by Gasteiger charge is 2.31. The van der Waals surface area contributed by atoms with Crippen LogP contribution in [0.25, 0.3) is 0 Å². The van der Waals surface area contributed by atoms with Gasteiger partial charge in [0.15, 0.2) is 0 Å². The molecule has 0 saturated carbocycles. The van der Waals surface area contributed by atoms with Gasteiger partial charge in [0.05, 0.1) is 0 Å². The predicted octanol–water partition coefficient (Wildman–Crippen LogP) is 5.67. The first-order chi connectivity index (χ1) is 11.0. The summed E-state index contributed by atoms with van der Waals surface area (Å²) in [4.78, 5) is 23.6. The predicted molar refractivity (Wildman–Crippen MR) is 98.1 cm³/mol. The van der Waals surface area contributed by atoms with Crippen LogP contribution in [-0.4, -0.2) is 22.2 Å². The Morgan fingerprint density at radius 2 is 1.00 bits per heavy atom. The molecule has 0 spiro atoms. The summed E-state index contributed by atoms with van der Waals surface area (Å²) in [6.45, 7) is 12.3. The van der Waals surface area contributed by atoms with Crippen LogP contribution in [0.4, 0.5) is 0 Å². The van der Waals surface area contributed by atoms with Crippen LogP contribution in [0.1, 0.15) is 92.9 Å². The third kappa shape index (κ3) is 8.51. The fourth-order valence-electron chi connectivity index (χ4n) is 3.07. The van der Waals surface area contributed by atoms with Gasteiger partial charge < -0.3 is 10.2 Å². The summed E-state index contributed by atoms with van der Waals surface area (Å²) in [5, 5.41) is 19.3. The van der Waals surface area contributed by atoms with Crippen molar-refractivity contribution in [1.29, 1.82) is 0 Å². The van der Waals surface area contributed by atoms with E-state index in [0.29, 0.717) is 12.8 Å². The Morgan fingerprint density at radius 1 is 0.708 bits per heavy atom. The molecule has 0 saturated heterocycles. The molecule has 0 rings (SSSR count). The Labute approximate surface area is 147 Å². The molecule has 24 heavy (non-hydrogen) atoms. The maximum Gasteiger partial charge on any atom is 0.332 e. The molecule has 0 aliphatic heterocycles. The maximum absolute atomic E-state index is 11.8. The molecule has 0 aliphatic rings. The zero-order chi connectivity index (χ0) is 19.0. The minimum atomic E-state index is -1.09. The van der Waals surface area contributed by atoms with E-state index in [1.165, 1.54) is 0 Å². The van der Waals surface area contributed by atoms with E-state index in [4.69, 9.17) is 0 Å². The third-order valence-electron chi connectivity index (χ3n) is 4.61. The van der Waals surface area contributed by atoms with Crippen LogP contribution >= 0.6 is 0 Å². The summed E-state index contributed by atoms with van der Waals surface area (Å²) >= 11 is 0. The van der Waals surface area contributed by atoms with Crippen molar-refractivity contribution in [3.8, 4) is 0 Å². The van der Waals surface area contributed by atoms with Gasteiger partial charge in [-0.1, -0.05) is 67.2 Å². The summed E-state index contributed by atoms with van der Waals surface area (Å²) in [6.07, 6.45) is 6.52. The van der Waals surface area contributed by atoms with E-state index in [2.05, 4.69) is 13.8 Å². The molecule has 0 aliphatic carbocycles. The van der Waals surface area contributed by atoms with E-state index in [0.717, 1.165) is 38.5 Å². The summed E-state index contributed by atoms with van der Waals surface area (Å²) in [5.41, 5.74) is -0.267. The molecular formula is C20H36O4. The number of carbonyl (C=O) groups is 2. The van der Waals surface area contributed by atoms with Crippen LogP contribution in [0.15, 0.2) is 11.1 Å². The number of rotatable bonds is 12. The lowest BCUT2D eigenvalue weighted by atomic mass is 9.76. The molecule has 140 valence electrons. The molecule has 0 aromatic rings. The third-order valence-corrected chi connectivity index (χ3v) is 4.61. The molecule has 0 heterocycles. The normalized spacial score (nSPS) is 13.6. The van der Waals surface area contributed by atoms with E-state index in [9.17, 15) is 19.8 Å². The Bertz CT molecular complexity index is 416. The van der Waals surface area contributed by atoms with Crippen molar-refractivity contribution in [2.24, 2.45) is 10.8 Å². The zero-order valence-electron chi connectivity index (χ0n) is 16.4. The van der Waals surface area contributed by atoms with Crippen LogP contribution in [0.5, 0.6) is 0 Å². The summed E-state index contributed by atoms with van der Waals surface area (Å²) in [6, 6.07) is 0. The monoisotopic (exact) mass is 340 g/mol. The number of aliphatic carboxylic acids is 2. The molecule has 0 aromatic heterocycles. The number of hydrogen-bond donors (Lipinski definition) is 2. The Morgan fingerprint density at radius 3 is 1.21 bits per heavy atom.